The molecule has 0 unspecified atom stereocenters. The van der Waals surface area contributed by atoms with Crippen LogP contribution in [-0.4, -0.2) is 40.0 Å². The van der Waals surface area contributed by atoms with Crippen LogP contribution in [0.5, 0.6) is 0 Å². The van der Waals surface area contributed by atoms with Crippen LogP contribution < -0.4 is 11.5 Å². The molecule has 0 aliphatic carbocycles. The molecule has 0 radical (unpaired) electrons. The van der Waals surface area contributed by atoms with Gasteiger partial charge in [0.1, 0.15) is 6.04 Å². The van der Waals surface area contributed by atoms with E-state index in [1.165, 1.54) is 4.21 Å². The molecular weight excluding hydrogens is 324 g/mol. The molecule has 126 valence electrons. The number of hydrogen-bond acceptors (Lipinski definition) is 6. The first kappa shape index (κ1) is 20.9. The van der Waals surface area contributed by atoms with Crippen LogP contribution >= 0.6 is 23.1 Å². The topological polar surface area (TPSA) is 127 Å². The Balaban J connectivity index is 0.000000409. The van der Waals surface area contributed by atoms with E-state index in [-0.39, 0.29) is 11.7 Å². The Morgan fingerprint density at radius 1 is 1.36 bits per heavy atom. The molecule has 0 aromatic carbocycles. The number of thiophene rings is 1. The third kappa shape index (κ3) is 11.6. The molecule has 0 aliphatic heterocycles. The number of rotatable bonds is 9. The fourth-order valence-electron chi connectivity index (χ4n) is 1.45. The van der Waals surface area contributed by atoms with Crippen LogP contribution in [-0.2, 0) is 9.59 Å². The minimum absolute atomic E-state index is 0.154. The van der Waals surface area contributed by atoms with Crippen LogP contribution in [0.15, 0.2) is 21.7 Å². The molecule has 0 spiro atoms. The van der Waals surface area contributed by atoms with Crippen LogP contribution in [0.4, 0.5) is 0 Å². The Morgan fingerprint density at radius 2 is 2.05 bits per heavy atom. The van der Waals surface area contributed by atoms with Crippen molar-refractivity contribution in [1.29, 1.82) is 0 Å². The van der Waals surface area contributed by atoms with Crippen molar-refractivity contribution in [1.82, 2.24) is 0 Å². The van der Waals surface area contributed by atoms with Gasteiger partial charge in [-0.05, 0) is 30.8 Å². The van der Waals surface area contributed by atoms with Crippen molar-refractivity contribution in [3.8, 4) is 0 Å². The molecular formula is C14H24N2O4S2. The second kappa shape index (κ2) is 12.5. The van der Waals surface area contributed by atoms with Crippen molar-refractivity contribution in [3.63, 3.8) is 0 Å². The SMILES string of the molecule is C[C@@H](CC(=O)O)Sc1cccs1.NCCCC[C@H](N)C(=O)O. The molecule has 0 saturated heterocycles. The normalized spacial score (nSPS) is 12.9. The summed E-state index contributed by atoms with van der Waals surface area (Å²) in [5, 5.41) is 19.0. The number of thioether (sulfide) groups is 1. The average molecular weight is 348 g/mol. The first-order valence-electron chi connectivity index (χ1n) is 6.97. The molecule has 22 heavy (non-hydrogen) atoms. The molecule has 6 nitrogen and oxygen atoms in total. The zero-order valence-electron chi connectivity index (χ0n) is 12.6. The fourth-order valence-corrected chi connectivity index (χ4v) is 3.56. The van der Waals surface area contributed by atoms with Gasteiger partial charge in [-0.3, -0.25) is 9.59 Å². The van der Waals surface area contributed by atoms with Crippen LogP contribution in [0.1, 0.15) is 32.6 Å². The number of aliphatic carboxylic acids is 2. The maximum atomic E-state index is 10.3. The highest BCUT2D eigenvalue weighted by Crippen LogP contribution is 2.28. The van der Waals surface area contributed by atoms with Gasteiger partial charge in [0.15, 0.2) is 0 Å². The van der Waals surface area contributed by atoms with Gasteiger partial charge in [0, 0.05) is 5.25 Å². The predicted molar refractivity (Wildman–Crippen MR) is 90.4 cm³/mol. The van der Waals surface area contributed by atoms with Crippen LogP contribution in [0, 0.1) is 0 Å². The van der Waals surface area contributed by atoms with Crippen LogP contribution in [0.25, 0.3) is 0 Å². The summed E-state index contributed by atoms with van der Waals surface area (Å²) in [6.45, 7) is 2.53. The molecule has 1 heterocycles. The van der Waals surface area contributed by atoms with E-state index in [1.807, 2.05) is 24.4 Å². The summed E-state index contributed by atoms with van der Waals surface area (Å²) in [6, 6.07) is 3.26. The number of nitrogens with two attached hydrogens (primary N) is 2. The average Bonchev–Trinajstić information content (AvgIpc) is 2.91. The van der Waals surface area contributed by atoms with Crippen molar-refractivity contribution in [2.45, 2.75) is 48.1 Å². The van der Waals surface area contributed by atoms with Crippen LogP contribution in [0.3, 0.4) is 0 Å². The second-order valence-corrected chi connectivity index (χ2v) is 7.37. The lowest BCUT2D eigenvalue weighted by Gasteiger charge is -2.04. The van der Waals surface area contributed by atoms with E-state index in [2.05, 4.69) is 0 Å². The Kier molecular flexibility index (Phi) is 11.8. The molecule has 0 aliphatic rings. The smallest absolute Gasteiger partial charge is 0.320 e. The van der Waals surface area contributed by atoms with Gasteiger partial charge in [0.25, 0.3) is 0 Å². The van der Waals surface area contributed by atoms with Crippen molar-refractivity contribution in [3.05, 3.63) is 17.5 Å². The Bertz CT molecular complexity index is 426. The lowest BCUT2D eigenvalue weighted by atomic mass is 10.1. The summed E-state index contributed by atoms with van der Waals surface area (Å²) in [5.41, 5.74) is 10.4. The van der Waals surface area contributed by atoms with Gasteiger partial charge >= 0.3 is 11.9 Å². The van der Waals surface area contributed by atoms with Crippen molar-refractivity contribution < 1.29 is 19.8 Å². The number of carboxylic acids is 2. The molecule has 1 aromatic rings. The summed E-state index contributed by atoms with van der Waals surface area (Å²) in [7, 11) is 0. The molecule has 1 rings (SSSR count). The molecule has 0 bridgehead atoms. The largest absolute Gasteiger partial charge is 0.481 e. The van der Waals surface area contributed by atoms with E-state index in [0.29, 0.717) is 13.0 Å². The van der Waals surface area contributed by atoms with Gasteiger partial charge in [-0.2, -0.15) is 0 Å². The number of hydrogen-bond donors (Lipinski definition) is 4. The highest BCUT2D eigenvalue weighted by Gasteiger charge is 2.09. The highest BCUT2D eigenvalue weighted by atomic mass is 32.2. The first-order valence-corrected chi connectivity index (χ1v) is 8.73. The van der Waals surface area contributed by atoms with E-state index in [4.69, 9.17) is 21.7 Å². The highest BCUT2D eigenvalue weighted by molar-refractivity contribution is 8.01. The van der Waals surface area contributed by atoms with E-state index >= 15 is 0 Å². The van der Waals surface area contributed by atoms with Gasteiger partial charge in [0.05, 0.1) is 10.6 Å². The minimum atomic E-state index is -0.933. The zero-order chi connectivity index (χ0) is 17.0. The molecule has 1 aromatic heterocycles. The summed E-state index contributed by atoms with van der Waals surface area (Å²) in [5.74, 6) is -1.66. The van der Waals surface area contributed by atoms with Crippen molar-refractivity contribution in [2.75, 3.05) is 6.54 Å². The van der Waals surface area contributed by atoms with Gasteiger partial charge in [-0.1, -0.05) is 19.4 Å². The molecule has 0 amide bonds. The van der Waals surface area contributed by atoms with Gasteiger partial charge in [-0.25, -0.2) is 0 Å². The monoisotopic (exact) mass is 348 g/mol. The van der Waals surface area contributed by atoms with E-state index in [1.54, 1.807) is 23.1 Å². The first-order chi connectivity index (χ1) is 10.4. The second-order valence-electron chi connectivity index (χ2n) is 4.69. The third-order valence-electron chi connectivity index (χ3n) is 2.56. The van der Waals surface area contributed by atoms with Crippen molar-refractivity contribution >= 4 is 35.0 Å². The number of unbranched alkanes of at least 4 members (excludes halogenated alkanes) is 1. The molecule has 8 heteroatoms. The van der Waals surface area contributed by atoms with Gasteiger partial charge in [-0.15, -0.1) is 23.1 Å². The lowest BCUT2D eigenvalue weighted by molar-refractivity contribution is -0.139. The van der Waals surface area contributed by atoms with E-state index in [9.17, 15) is 9.59 Å². The zero-order valence-corrected chi connectivity index (χ0v) is 14.2. The van der Waals surface area contributed by atoms with Gasteiger partial charge < -0.3 is 21.7 Å². The van der Waals surface area contributed by atoms with E-state index in [0.717, 1.165) is 12.8 Å². The number of carbonyl (C=O) groups is 2. The molecule has 2 atom stereocenters. The maximum Gasteiger partial charge on any atom is 0.320 e. The summed E-state index contributed by atoms with van der Waals surface area (Å²) >= 11 is 3.26. The Labute approximate surface area is 138 Å². The quantitative estimate of drug-likeness (QED) is 0.398. The molecule has 6 N–H and O–H groups in total. The Hall–Kier alpha value is -1.09. The third-order valence-corrected chi connectivity index (χ3v) is 4.74. The Morgan fingerprint density at radius 3 is 2.50 bits per heavy atom. The maximum absolute atomic E-state index is 10.3. The molecule has 0 fully saturated rings. The lowest BCUT2D eigenvalue weighted by Crippen LogP contribution is -2.29. The van der Waals surface area contributed by atoms with Crippen molar-refractivity contribution in [2.24, 2.45) is 11.5 Å². The summed E-state index contributed by atoms with van der Waals surface area (Å²) in [6.07, 6.45) is 2.39. The van der Waals surface area contributed by atoms with Gasteiger partial charge in [0.2, 0.25) is 0 Å². The number of carboxylic acid groups (broad SMARTS) is 2. The summed E-state index contributed by atoms with van der Waals surface area (Å²) in [4.78, 5) is 20.5. The summed E-state index contributed by atoms with van der Waals surface area (Å²) < 4.78 is 1.18. The van der Waals surface area contributed by atoms with Crippen LogP contribution in [0.2, 0.25) is 0 Å². The fraction of sp³-hybridized carbons (Fsp3) is 0.571. The molecule has 0 saturated carbocycles. The predicted octanol–water partition coefficient (Wildman–Crippen LogP) is 2.23. The standard InChI is InChI=1S/C8H10O2S2.C6H14N2O2/c1-6(5-7(9)10)12-8-3-2-4-11-8;7-4-2-1-3-5(8)6(9)10/h2-4,6H,5H2,1H3,(H,9,10);5H,1-4,7-8H2,(H,9,10)/t6-;5-/m00/s1. The minimum Gasteiger partial charge on any atom is -0.481 e. The van der Waals surface area contributed by atoms with E-state index < -0.39 is 18.0 Å².